The minimum absolute atomic E-state index is 0. The lowest BCUT2D eigenvalue weighted by Gasteiger charge is -2.37. The molecular weight excluding hydrogens is 320 g/mol. The minimum Gasteiger partial charge on any atom is -0.371 e. The summed E-state index contributed by atoms with van der Waals surface area (Å²) in [6.07, 6.45) is 2.24. The van der Waals surface area contributed by atoms with Gasteiger partial charge in [-0.2, -0.15) is 5.26 Å². The Morgan fingerprint density at radius 3 is 2.50 bits per heavy atom. The van der Waals surface area contributed by atoms with E-state index in [0.717, 1.165) is 42.5 Å². The van der Waals surface area contributed by atoms with Gasteiger partial charge in [-0.05, 0) is 45.7 Å². The van der Waals surface area contributed by atoms with Gasteiger partial charge in [0.1, 0.15) is 11.8 Å². The number of nitrogens with one attached hydrogen (secondary N) is 1. The summed E-state index contributed by atoms with van der Waals surface area (Å²) in [5.41, 5.74) is 2.69. The maximum absolute atomic E-state index is 9.25. The van der Waals surface area contributed by atoms with Gasteiger partial charge in [0, 0.05) is 35.7 Å². The second-order valence-electron chi connectivity index (χ2n) is 7.31. The molecule has 3 rings (SSSR count). The molecule has 24 heavy (non-hydrogen) atoms. The molecule has 0 unspecified atom stereocenters. The quantitative estimate of drug-likeness (QED) is 0.898. The van der Waals surface area contributed by atoms with Crippen LogP contribution in [0.3, 0.4) is 0 Å². The molecule has 1 aliphatic heterocycles. The van der Waals surface area contributed by atoms with Crippen LogP contribution in [-0.4, -0.2) is 29.7 Å². The predicted octanol–water partition coefficient (Wildman–Crippen LogP) is 3.89. The summed E-state index contributed by atoms with van der Waals surface area (Å²) in [7, 11) is 0. The average Bonchev–Trinajstić information content (AvgIpc) is 2.53. The summed E-state index contributed by atoms with van der Waals surface area (Å²) in [5.74, 6) is 0. The lowest BCUT2D eigenvalue weighted by molar-refractivity contribution is 0.317. The molecule has 1 N–H and O–H groups in total. The highest BCUT2D eigenvalue weighted by Crippen LogP contribution is 2.29. The Hall–Kier alpha value is -1.83. The fourth-order valence-corrected chi connectivity index (χ4v) is 3.35. The molecule has 0 spiro atoms. The number of benzene rings is 1. The van der Waals surface area contributed by atoms with Crippen molar-refractivity contribution in [1.29, 1.82) is 5.26 Å². The summed E-state index contributed by atoms with van der Waals surface area (Å²) in [5, 5.41) is 14.1. The van der Waals surface area contributed by atoms with E-state index in [0.29, 0.717) is 11.7 Å². The normalized spacial score (nSPS) is 15.8. The Kier molecular flexibility index (Phi) is 5.69. The van der Waals surface area contributed by atoms with Crippen LogP contribution in [0.15, 0.2) is 30.3 Å². The van der Waals surface area contributed by atoms with Crippen molar-refractivity contribution < 1.29 is 0 Å². The zero-order valence-corrected chi connectivity index (χ0v) is 15.4. The van der Waals surface area contributed by atoms with Crippen molar-refractivity contribution >= 4 is 29.0 Å². The molecule has 4 nitrogen and oxygen atoms in total. The zero-order chi connectivity index (χ0) is 16.4. The monoisotopic (exact) mass is 344 g/mol. The number of hydrogen-bond donors (Lipinski definition) is 1. The third kappa shape index (κ3) is 4.17. The number of aromatic nitrogens is 1. The Morgan fingerprint density at radius 1 is 1.21 bits per heavy atom. The molecule has 0 bridgehead atoms. The van der Waals surface area contributed by atoms with Crippen LogP contribution in [0.4, 0.5) is 5.69 Å². The van der Waals surface area contributed by atoms with Crippen LogP contribution in [0.2, 0.25) is 0 Å². The van der Waals surface area contributed by atoms with Gasteiger partial charge in [0.2, 0.25) is 0 Å². The number of rotatable bonds is 2. The highest BCUT2D eigenvalue weighted by molar-refractivity contribution is 5.92. The van der Waals surface area contributed by atoms with Crippen LogP contribution in [0.25, 0.3) is 10.9 Å². The van der Waals surface area contributed by atoms with E-state index in [-0.39, 0.29) is 17.9 Å². The number of nitriles is 1. The van der Waals surface area contributed by atoms with Crippen molar-refractivity contribution in [2.75, 3.05) is 18.0 Å². The van der Waals surface area contributed by atoms with E-state index in [1.807, 2.05) is 24.3 Å². The van der Waals surface area contributed by atoms with Crippen molar-refractivity contribution in [2.45, 2.75) is 45.2 Å². The molecule has 5 heteroatoms. The van der Waals surface area contributed by atoms with Crippen molar-refractivity contribution in [3.05, 3.63) is 36.0 Å². The number of nitrogens with zero attached hydrogens (tertiary/aromatic N) is 3. The van der Waals surface area contributed by atoms with E-state index < -0.39 is 0 Å². The molecule has 1 fully saturated rings. The van der Waals surface area contributed by atoms with Gasteiger partial charge in [0.25, 0.3) is 0 Å². The fraction of sp³-hybridized carbons (Fsp3) is 0.474. The van der Waals surface area contributed by atoms with Crippen LogP contribution in [-0.2, 0) is 0 Å². The Labute approximate surface area is 150 Å². The van der Waals surface area contributed by atoms with E-state index in [9.17, 15) is 5.26 Å². The Bertz CT molecular complexity index is 737. The number of piperidine rings is 1. The number of halogens is 1. The van der Waals surface area contributed by atoms with Gasteiger partial charge in [-0.15, -0.1) is 12.4 Å². The van der Waals surface area contributed by atoms with Gasteiger partial charge in [0.15, 0.2) is 0 Å². The van der Waals surface area contributed by atoms with E-state index in [1.165, 1.54) is 0 Å². The van der Waals surface area contributed by atoms with Crippen molar-refractivity contribution in [1.82, 2.24) is 10.3 Å². The van der Waals surface area contributed by atoms with Crippen molar-refractivity contribution in [3.63, 3.8) is 0 Å². The largest absolute Gasteiger partial charge is 0.371 e. The zero-order valence-electron chi connectivity index (χ0n) is 14.5. The highest BCUT2D eigenvalue weighted by Gasteiger charge is 2.24. The first-order chi connectivity index (χ1) is 11.0. The number of hydrogen-bond acceptors (Lipinski definition) is 4. The summed E-state index contributed by atoms with van der Waals surface area (Å²) in [6, 6.07) is 12.8. The lowest BCUT2D eigenvalue weighted by atomic mass is 9.99. The minimum atomic E-state index is 0. The predicted molar refractivity (Wildman–Crippen MR) is 102 cm³/mol. The van der Waals surface area contributed by atoms with Crippen molar-refractivity contribution in [2.24, 2.45) is 0 Å². The summed E-state index contributed by atoms with van der Waals surface area (Å²) in [4.78, 5) is 6.81. The highest BCUT2D eigenvalue weighted by atomic mass is 35.5. The van der Waals surface area contributed by atoms with Gasteiger partial charge in [0.05, 0.1) is 5.52 Å². The van der Waals surface area contributed by atoms with Gasteiger partial charge < -0.3 is 10.2 Å². The molecular formula is C19H25ClN4. The summed E-state index contributed by atoms with van der Waals surface area (Å²) in [6.45, 7) is 8.66. The molecule has 2 heterocycles. The number of para-hydroxylation sites is 1. The second-order valence-corrected chi connectivity index (χ2v) is 7.31. The average molecular weight is 345 g/mol. The van der Waals surface area contributed by atoms with Crippen LogP contribution < -0.4 is 10.2 Å². The number of pyridine rings is 1. The standard InChI is InChI=1S/C19H24N4.ClH/c1-19(2,3)22-14-8-10-23(11-9-14)18-12-15(13-20)21-17-7-5-4-6-16(17)18;/h4-7,12,14,22H,8-11H2,1-3H3;1H. The van der Waals surface area contributed by atoms with Crippen molar-refractivity contribution in [3.8, 4) is 6.07 Å². The first-order valence-corrected chi connectivity index (χ1v) is 8.29. The molecule has 1 aliphatic rings. The molecule has 1 aromatic heterocycles. The van der Waals surface area contributed by atoms with E-state index >= 15 is 0 Å². The summed E-state index contributed by atoms with van der Waals surface area (Å²) >= 11 is 0. The Morgan fingerprint density at radius 2 is 1.88 bits per heavy atom. The van der Waals surface area contributed by atoms with Crippen LogP contribution in [0, 0.1) is 11.3 Å². The molecule has 1 aromatic carbocycles. The molecule has 128 valence electrons. The molecule has 0 radical (unpaired) electrons. The topological polar surface area (TPSA) is 52.0 Å². The third-order valence-electron chi connectivity index (χ3n) is 4.28. The van der Waals surface area contributed by atoms with Crippen LogP contribution in [0.5, 0.6) is 0 Å². The number of anilines is 1. The molecule has 0 saturated carbocycles. The molecule has 0 atom stereocenters. The van der Waals surface area contributed by atoms with Gasteiger partial charge in [-0.25, -0.2) is 4.98 Å². The first kappa shape index (κ1) is 18.5. The van der Waals surface area contributed by atoms with Crippen LogP contribution >= 0.6 is 12.4 Å². The second kappa shape index (κ2) is 7.38. The maximum Gasteiger partial charge on any atom is 0.143 e. The third-order valence-corrected chi connectivity index (χ3v) is 4.28. The molecule has 0 amide bonds. The molecule has 2 aromatic rings. The van der Waals surface area contributed by atoms with Crippen LogP contribution in [0.1, 0.15) is 39.3 Å². The van der Waals surface area contributed by atoms with Gasteiger partial charge >= 0.3 is 0 Å². The van der Waals surface area contributed by atoms with E-state index in [2.05, 4.69) is 48.1 Å². The molecule has 0 aliphatic carbocycles. The summed E-state index contributed by atoms with van der Waals surface area (Å²) < 4.78 is 0. The lowest BCUT2D eigenvalue weighted by Crippen LogP contribution is -2.49. The number of fused-ring (bicyclic) bond motifs is 1. The van der Waals surface area contributed by atoms with E-state index in [1.54, 1.807) is 0 Å². The first-order valence-electron chi connectivity index (χ1n) is 8.29. The maximum atomic E-state index is 9.25. The molecule has 1 saturated heterocycles. The van der Waals surface area contributed by atoms with E-state index in [4.69, 9.17) is 0 Å². The smallest absolute Gasteiger partial charge is 0.143 e. The van der Waals surface area contributed by atoms with Gasteiger partial charge in [-0.3, -0.25) is 0 Å². The Balaban J connectivity index is 0.00000208. The van der Waals surface area contributed by atoms with Gasteiger partial charge in [-0.1, -0.05) is 18.2 Å². The SMILES string of the molecule is CC(C)(C)NC1CCN(c2cc(C#N)nc3ccccc23)CC1.Cl. The fourth-order valence-electron chi connectivity index (χ4n) is 3.35.